The number of carbonyl (C=O) groups excluding carboxylic acids is 2. The van der Waals surface area contributed by atoms with E-state index in [1.165, 1.54) is 29.5 Å². The number of anilines is 1. The molecule has 1 N–H and O–H groups in total. The first-order valence-corrected chi connectivity index (χ1v) is 13.8. The highest BCUT2D eigenvalue weighted by atomic mass is 32.2. The van der Waals surface area contributed by atoms with Crippen LogP contribution in [0, 0.1) is 0 Å². The molecule has 1 aromatic carbocycles. The quantitative estimate of drug-likeness (QED) is 0.477. The number of amides is 2. The molecule has 4 rings (SSSR count). The number of hydrogen-bond donors (Lipinski definition) is 1. The maximum Gasteiger partial charge on any atom is 0.274 e. The van der Waals surface area contributed by atoms with Gasteiger partial charge in [0.25, 0.3) is 11.8 Å². The second kappa shape index (κ2) is 10.2. The molecule has 2 atom stereocenters. The summed E-state index contributed by atoms with van der Waals surface area (Å²) in [4.78, 5) is 31.4. The summed E-state index contributed by atoms with van der Waals surface area (Å²) < 4.78 is 25.5. The lowest BCUT2D eigenvalue weighted by Gasteiger charge is -2.16. The number of thioether (sulfide) groups is 1. The first-order chi connectivity index (χ1) is 16.6. The first-order valence-electron chi connectivity index (χ1n) is 11.0. The molecule has 10 nitrogen and oxygen atoms in total. The molecule has 0 spiro atoms. The highest BCUT2D eigenvalue weighted by Crippen LogP contribution is 2.34. The van der Waals surface area contributed by atoms with Gasteiger partial charge in [-0.05, 0) is 43.2 Å². The molecule has 1 fully saturated rings. The summed E-state index contributed by atoms with van der Waals surface area (Å²) in [5, 5.41) is 11.1. The molecule has 0 saturated carbocycles. The predicted octanol–water partition coefficient (Wildman–Crippen LogP) is 2.57. The standard InChI is InChI=1S/C23H26N6O4S2/c1-15(34-23-27-25-14-28(23)2)16-5-4-6-18(11-16)26-21(30)20-12-17(7-9-24-20)22(31)29-10-8-19(13-29)35(3,32)33/h4-7,9,11-12,14-15,19H,8,10,13H2,1-3H3,(H,26,30)/t15-,19?/m0/s1. The van der Waals surface area contributed by atoms with Crippen LogP contribution < -0.4 is 5.32 Å². The molecule has 1 aliphatic heterocycles. The summed E-state index contributed by atoms with van der Waals surface area (Å²) in [6.07, 6.45) is 4.64. The Balaban J connectivity index is 1.43. The van der Waals surface area contributed by atoms with E-state index in [0.29, 0.717) is 24.2 Å². The Morgan fingerprint density at radius 1 is 1.23 bits per heavy atom. The molecule has 1 aliphatic rings. The van der Waals surface area contributed by atoms with Gasteiger partial charge in [-0.1, -0.05) is 23.9 Å². The molecule has 1 saturated heterocycles. The molecule has 1 unspecified atom stereocenters. The number of benzene rings is 1. The lowest BCUT2D eigenvalue weighted by atomic mass is 10.1. The summed E-state index contributed by atoms with van der Waals surface area (Å²) in [6, 6.07) is 10.5. The van der Waals surface area contributed by atoms with Gasteiger partial charge in [0.1, 0.15) is 12.0 Å². The topological polar surface area (TPSA) is 127 Å². The van der Waals surface area contributed by atoms with Crippen molar-refractivity contribution in [2.24, 2.45) is 7.05 Å². The van der Waals surface area contributed by atoms with Crippen LogP contribution in [0.2, 0.25) is 0 Å². The Hall–Kier alpha value is -3.25. The minimum atomic E-state index is -3.21. The van der Waals surface area contributed by atoms with Gasteiger partial charge in [-0.15, -0.1) is 10.2 Å². The average Bonchev–Trinajstić information content (AvgIpc) is 3.48. The van der Waals surface area contributed by atoms with E-state index in [-0.39, 0.29) is 23.4 Å². The van der Waals surface area contributed by atoms with Gasteiger partial charge in [-0.25, -0.2) is 8.42 Å². The van der Waals surface area contributed by atoms with Crippen LogP contribution in [0.1, 0.15) is 45.0 Å². The van der Waals surface area contributed by atoms with Crippen LogP contribution in [-0.2, 0) is 16.9 Å². The van der Waals surface area contributed by atoms with E-state index >= 15 is 0 Å². The molecule has 0 aliphatic carbocycles. The monoisotopic (exact) mass is 514 g/mol. The zero-order valence-electron chi connectivity index (χ0n) is 19.6. The third-order valence-electron chi connectivity index (χ3n) is 5.84. The Bertz CT molecular complexity index is 1360. The Labute approximate surface area is 208 Å². The number of sulfone groups is 1. The van der Waals surface area contributed by atoms with Gasteiger partial charge in [-0.3, -0.25) is 14.6 Å². The number of pyridine rings is 1. The highest BCUT2D eigenvalue weighted by molar-refractivity contribution is 7.99. The lowest BCUT2D eigenvalue weighted by Crippen LogP contribution is -2.31. The molecular formula is C23H26N6O4S2. The largest absolute Gasteiger partial charge is 0.337 e. The smallest absolute Gasteiger partial charge is 0.274 e. The summed E-state index contributed by atoms with van der Waals surface area (Å²) in [5.41, 5.74) is 2.00. The van der Waals surface area contributed by atoms with Gasteiger partial charge >= 0.3 is 0 Å². The third kappa shape index (κ3) is 5.88. The Morgan fingerprint density at radius 2 is 2.03 bits per heavy atom. The predicted molar refractivity (Wildman–Crippen MR) is 133 cm³/mol. The number of nitrogens with zero attached hydrogens (tertiary/aromatic N) is 5. The highest BCUT2D eigenvalue weighted by Gasteiger charge is 2.33. The van der Waals surface area contributed by atoms with Gasteiger partial charge in [0.05, 0.1) is 5.25 Å². The fourth-order valence-electron chi connectivity index (χ4n) is 3.80. The minimum absolute atomic E-state index is 0.0741. The van der Waals surface area contributed by atoms with Gasteiger partial charge in [0, 0.05) is 49.1 Å². The van der Waals surface area contributed by atoms with Crippen molar-refractivity contribution in [3.8, 4) is 0 Å². The second-order valence-corrected chi connectivity index (χ2v) is 12.1. The van der Waals surface area contributed by atoms with Crippen LogP contribution in [-0.4, -0.2) is 69.5 Å². The molecule has 3 heterocycles. The molecule has 35 heavy (non-hydrogen) atoms. The molecule has 184 valence electrons. The number of aryl methyl sites for hydroxylation is 1. The number of rotatable bonds is 7. The second-order valence-electron chi connectivity index (χ2n) is 8.49. The van der Waals surface area contributed by atoms with Crippen LogP contribution >= 0.6 is 11.8 Å². The SMILES string of the molecule is C[C@H](Sc1nncn1C)c1cccc(NC(=O)c2cc(C(=O)N3CCC(S(C)(=O)=O)C3)ccn2)c1. The van der Waals surface area contributed by atoms with Gasteiger partial charge in [-0.2, -0.15) is 0 Å². The van der Waals surface area contributed by atoms with E-state index in [9.17, 15) is 18.0 Å². The fourth-order valence-corrected chi connectivity index (χ4v) is 5.69. The lowest BCUT2D eigenvalue weighted by molar-refractivity contribution is 0.0793. The Morgan fingerprint density at radius 3 is 2.71 bits per heavy atom. The zero-order valence-corrected chi connectivity index (χ0v) is 21.2. The van der Waals surface area contributed by atoms with Gasteiger partial charge in [0.2, 0.25) is 0 Å². The van der Waals surface area contributed by atoms with Crippen molar-refractivity contribution < 1.29 is 18.0 Å². The van der Waals surface area contributed by atoms with E-state index < -0.39 is 21.0 Å². The van der Waals surface area contributed by atoms with Crippen LogP contribution in [0.25, 0.3) is 0 Å². The number of likely N-dealkylation sites (tertiary alicyclic amines) is 1. The van der Waals surface area contributed by atoms with E-state index in [4.69, 9.17) is 0 Å². The van der Waals surface area contributed by atoms with Crippen molar-refractivity contribution in [3.05, 3.63) is 65.7 Å². The van der Waals surface area contributed by atoms with E-state index in [1.54, 1.807) is 24.2 Å². The summed E-state index contributed by atoms with van der Waals surface area (Å²) in [7, 11) is -1.33. The van der Waals surface area contributed by atoms with Crippen LogP contribution in [0.3, 0.4) is 0 Å². The fraction of sp³-hybridized carbons (Fsp3) is 0.348. The van der Waals surface area contributed by atoms with Crippen molar-refractivity contribution >= 4 is 39.1 Å². The first kappa shape index (κ1) is 24.9. The molecular weight excluding hydrogens is 488 g/mol. The van der Waals surface area contributed by atoms with Crippen LogP contribution in [0.4, 0.5) is 5.69 Å². The number of nitrogens with one attached hydrogen (secondary N) is 1. The van der Waals surface area contributed by atoms with Gasteiger partial charge in [0.15, 0.2) is 15.0 Å². The normalized spacial score (nSPS) is 16.8. The molecule has 0 bridgehead atoms. The summed E-state index contributed by atoms with van der Waals surface area (Å²) in [5.74, 6) is -0.759. The molecule has 2 amide bonds. The molecule has 3 aromatic rings. The minimum Gasteiger partial charge on any atom is -0.337 e. The number of carbonyl (C=O) groups is 2. The maximum absolute atomic E-state index is 12.9. The maximum atomic E-state index is 12.9. The van der Waals surface area contributed by atoms with Crippen LogP contribution in [0.15, 0.2) is 54.1 Å². The molecule has 2 aromatic heterocycles. The molecule has 0 radical (unpaired) electrons. The number of hydrogen-bond acceptors (Lipinski definition) is 8. The van der Waals surface area contributed by atoms with E-state index in [1.807, 2.05) is 36.7 Å². The third-order valence-corrected chi connectivity index (χ3v) is 8.65. The van der Waals surface area contributed by atoms with Crippen molar-refractivity contribution in [3.63, 3.8) is 0 Å². The van der Waals surface area contributed by atoms with Crippen LogP contribution in [0.5, 0.6) is 0 Å². The number of aromatic nitrogens is 4. The zero-order chi connectivity index (χ0) is 25.2. The van der Waals surface area contributed by atoms with Crippen molar-refractivity contribution in [2.45, 2.75) is 29.0 Å². The van der Waals surface area contributed by atoms with Crippen molar-refractivity contribution in [1.82, 2.24) is 24.6 Å². The Kier molecular flexibility index (Phi) is 7.22. The molecule has 12 heteroatoms. The van der Waals surface area contributed by atoms with E-state index in [2.05, 4.69) is 20.5 Å². The van der Waals surface area contributed by atoms with Crippen molar-refractivity contribution in [2.75, 3.05) is 24.7 Å². The van der Waals surface area contributed by atoms with E-state index in [0.717, 1.165) is 10.7 Å². The summed E-state index contributed by atoms with van der Waals surface area (Å²) >= 11 is 1.56. The summed E-state index contributed by atoms with van der Waals surface area (Å²) in [6.45, 7) is 2.56. The average molecular weight is 515 g/mol. The van der Waals surface area contributed by atoms with Crippen molar-refractivity contribution in [1.29, 1.82) is 0 Å². The van der Waals surface area contributed by atoms with Gasteiger partial charge < -0.3 is 14.8 Å².